The van der Waals surface area contributed by atoms with Gasteiger partial charge in [-0.3, -0.25) is 0 Å². The molecule has 0 aliphatic carbocycles. The largest absolute Gasteiger partial charge is 0.497 e. The molecule has 0 saturated carbocycles. The van der Waals surface area contributed by atoms with E-state index in [1.54, 1.807) is 12.1 Å². The first-order chi connectivity index (χ1) is 8.13. The Labute approximate surface area is 111 Å². The van der Waals surface area contributed by atoms with Gasteiger partial charge in [0.25, 0.3) is 0 Å². The summed E-state index contributed by atoms with van der Waals surface area (Å²) in [6.07, 6.45) is 0. The van der Waals surface area contributed by atoms with E-state index in [0.717, 1.165) is 10.0 Å². The first kappa shape index (κ1) is 12.1. The number of carboxylic acids is 1. The van der Waals surface area contributed by atoms with Crippen LogP contribution in [0, 0.1) is 0 Å². The van der Waals surface area contributed by atoms with E-state index < -0.39 is 5.97 Å². The number of benzene rings is 1. The van der Waals surface area contributed by atoms with Crippen LogP contribution in [0.1, 0.15) is 10.4 Å². The SMILES string of the molecule is COc1ccc(-c2cscc2Br)c(C(=O)O)c1. The Morgan fingerprint density at radius 1 is 1.35 bits per heavy atom. The molecule has 3 nitrogen and oxygen atoms in total. The molecule has 1 aromatic heterocycles. The average molecular weight is 313 g/mol. The molecule has 17 heavy (non-hydrogen) atoms. The topological polar surface area (TPSA) is 46.5 Å². The number of hydrogen-bond donors (Lipinski definition) is 1. The van der Waals surface area contributed by atoms with E-state index in [9.17, 15) is 9.90 Å². The van der Waals surface area contributed by atoms with E-state index in [0.29, 0.717) is 11.3 Å². The third kappa shape index (κ3) is 2.35. The van der Waals surface area contributed by atoms with Crippen LogP contribution < -0.4 is 4.74 Å². The highest BCUT2D eigenvalue weighted by Crippen LogP contribution is 2.35. The summed E-state index contributed by atoms with van der Waals surface area (Å²) in [6.45, 7) is 0. The minimum absolute atomic E-state index is 0.239. The summed E-state index contributed by atoms with van der Waals surface area (Å²) in [4.78, 5) is 11.2. The van der Waals surface area contributed by atoms with Gasteiger partial charge in [0.1, 0.15) is 5.75 Å². The average Bonchev–Trinajstić information content (AvgIpc) is 2.74. The lowest BCUT2D eigenvalue weighted by Crippen LogP contribution is -2.00. The van der Waals surface area contributed by atoms with E-state index >= 15 is 0 Å². The number of ether oxygens (including phenoxy) is 1. The maximum atomic E-state index is 11.2. The zero-order valence-corrected chi connectivity index (χ0v) is 11.3. The van der Waals surface area contributed by atoms with Gasteiger partial charge in [-0.1, -0.05) is 0 Å². The molecule has 0 radical (unpaired) electrons. The highest BCUT2D eigenvalue weighted by Gasteiger charge is 2.15. The van der Waals surface area contributed by atoms with Crippen molar-refractivity contribution in [3.05, 3.63) is 39.0 Å². The van der Waals surface area contributed by atoms with Crippen LogP contribution in [0.4, 0.5) is 0 Å². The zero-order valence-electron chi connectivity index (χ0n) is 8.94. The monoisotopic (exact) mass is 312 g/mol. The van der Waals surface area contributed by atoms with Crippen molar-refractivity contribution >= 4 is 33.2 Å². The Bertz CT molecular complexity index is 563. The predicted molar refractivity (Wildman–Crippen MR) is 71.0 cm³/mol. The molecule has 88 valence electrons. The zero-order chi connectivity index (χ0) is 12.4. The summed E-state index contributed by atoms with van der Waals surface area (Å²) < 4.78 is 5.93. The van der Waals surface area contributed by atoms with Crippen LogP contribution in [-0.4, -0.2) is 18.2 Å². The molecule has 0 atom stereocenters. The van der Waals surface area contributed by atoms with Crippen molar-refractivity contribution in [3.63, 3.8) is 0 Å². The van der Waals surface area contributed by atoms with Crippen LogP contribution in [0.5, 0.6) is 5.75 Å². The Morgan fingerprint density at radius 2 is 2.12 bits per heavy atom. The molecule has 0 spiro atoms. The van der Waals surface area contributed by atoms with Gasteiger partial charge < -0.3 is 9.84 Å². The van der Waals surface area contributed by atoms with Crippen LogP contribution >= 0.6 is 27.3 Å². The number of thiophene rings is 1. The quantitative estimate of drug-likeness (QED) is 0.935. The first-order valence-corrected chi connectivity index (χ1v) is 6.50. The molecule has 1 aromatic carbocycles. The Balaban J connectivity index is 2.62. The number of methoxy groups -OCH3 is 1. The van der Waals surface area contributed by atoms with E-state index in [-0.39, 0.29) is 5.56 Å². The molecule has 5 heteroatoms. The molecule has 0 aliphatic heterocycles. The normalized spacial score (nSPS) is 10.2. The van der Waals surface area contributed by atoms with Crippen molar-refractivity contribution < 1.29 is 14.6 Å². The fourth-order valence-corrected chi connectivity index (χ4v) is 3.04. The third-order valence-corrected chi connectivity index (χ3v) is 4.06. The van der Waals surface area contributed by atoms with Crippen molar-refractivity contribution in [2.45, 2.75) is 0 Å². The van der Waals surface area contributed by atoms with Gasteiger partial charge in [-0.15, -0.1) is 0 Å². The highest BCUT2D eigenvalue weighted by atomic mass is 79.9. The molecule has 1 heterocycles. The van der Waals surface area contributed by atoms with Crippen LogP contribution in [0.3, 0.4) is 0 Å². The lowest BCUT2D eigenvalue weighted by atomic mass is 10.0. The minimum atomic E-state index is -0.961. The molecule has 0 aliphatic rings. The van der Waals surface area contributed by atoms with Crippen molar-refractivity contribution in [1.82, 2.24) is 0 Å². The molecule has 0 unspecified atom stereocenters. The molecule has 2 rings (SSSR count). The van der Waals surface area contributed by atoms with Gasteiger partial charge in [0.15, 0.2) is 0 Å². The number of rotatable bonds is 3. The standard InChI is InChI=1S/C12H9BrO3S/c1-16-7-2-3-8(9(4-7)12(14)15)10-5-17-6-11(10)13/h2-6H,1H3,(H,14,15). The second-order valence-corrected chi connectivity index (χ2v) is 4.95. The van der Waals surface area contributed by atoms with Gasteiger partial charge in [0.05, 0.1) is 12.7 Å². The first-order valence-electron chi connectivity index (χ1n) is 4.77. The van der Waals surface area contributed by atoms with Crippen molar-refractivity contribution in [1.29, 1.82) is 0 Å². The molecule has 2 aromatic rings. The lowest BCUT2D eigenvalue weighted by molar-refractivity contribution is 0.0697. The maximum Gasteiger partial charge on any atom is 0.336 e. The number of halogens is 1. The van der Waals surface area contributed by atoms with E-state index in [2.05, 4.69) is 15.9 Å². The molecule has 1 N–H and O–H groups in total. The van der Waals surface area contributed by atoms with Crippen LogP contribution in [0.25, 0.3) is 11.1 Å². The predicted octanol–water partition coefficient (Wildman–Crippen LogP) is 3.88. The van der Waals surface area contributed by atoms with Crippen molar-refractivity contribution in [2.75, 3.05) is 7.11 Å². The van der Waals surface area contributed by atoms with Gasteiger partial charge in [-0.05, 0) is 45.1 Å². The van der Waals surface area contributed by atoms with Gasteiger partial charge in [0.2, 0.25) is 0 Å². The van der Waals surface area contributed by atoms with Crippen LogP contribution in [0.15, 0.2) is 33.4 Å². The highest BCUT2D eigenvalue weighted by molar-refractivity contribution is 9.10. The summed E-state index contributed by atoms with van der Waals surface area (Å²) in [5.41, 5.74) is 1.81. The van der Waals surface area contributed by atoms with Crippen molar-refractivity contribution in [3.8, 4) is 16.9 Å². The summed E-state index contributed by atoms with van der Waals surface area (Å²) in [6, 6.07) is 5.04. The molecule has 0 fully saturated rings. The smallest absolute Gasteiger partial charge is 0.336 e. The summed E-state index contributed by atoms with van der Waals surface area (Å²) in [5.74, 6) is -0.422. The van der Waals surface area contributed by atoms with Crippen molar-refractivity contribution in [2.24, 2.45) is 0 Å². The Hall–Kier alpha value is -1.33. The second kappa shape index (κ2) is 4.89. The molecule has 0 bridgehead atoms. The van der Waals surface area contributed by atoms with E-state index in [1.165, 1.54) is 24.5 Å². The van der Waals surface area contributed by atoms with Gasteiger partial charge >= 0.3 is 5.97 Å². The van der Waals surface area contributed by atoms with E-state index in [1.807, 2.05) is 10.8 Å². The number of carbonyl (C=O) groups is 1. The number of carboxylic acid groups (broad SMARTS) is 1. The van der Waals surface area contributed by atoms with Crippen LogP contribution in [0.2, 0.25) is 0 Å². The summed E-state index contributed by atoms with van der Waals surface area (Å²) in [7, 11) is 1.52. The fourth-order valence-electron chi connectivity index (χ4n) is 1.54. The fraction of sp³-hybridized carbons (Fsp3) is 0.0833. The Kier molecular flexibility index (Phi) is 3.49. The van der Waals surface area contributed by atoms with Gasteiger partial charge in [-0.2, -0.15) is 11.3 Å². The molecular weight excluding hydrogens is 304 g/mol. The number of hydrogen-bond acceptors (Lipinski definition) is 3. The van der Waals surface area contributed by atoms with Gasteiger partial charge in [0, 0.05) is 15.4 Å². The summed E-state index contributed by atoms with van der Waals surface area (Å²) in [5, 5.41) is 13.0. The molecule has 0 saturated heterocycles. The Morgan fingerprint density at radius 3 is 2.65 bits per heavy atom. The minimum Gasteiger partial charge on any atom is -0.497 e. The van der Waals surface area contributed by atoms with E-state index in [4.69, 9.17) is 4.74 Å². The second-order valence-electron chi connectivity index (χ2n) is 3.35. The van der Waals surface area contributed by atoms with Crippen LogP contribution in [-0.2, 0) is 0 Å². The maximum absolute atomic E-state index is 11.2. The molecular formula is C12H9BrO3S. The molecule has 0 amide bonds. The number of aromatic carboxylic acids is 1. The van der Waals surface area contributed by atoms with Gasteiger partial charge in [-0.25, -0.2) is 4.79 Å². The third-order valence-electron chi connectivity index (χ3n) is 2.36. The lowest BCUT2D eigenvalue weighted by Gasteiger charge is -2.07. The summed E-state index contributed by atoms with van der Waals surface area (Å²) >= 11 is 4.93.